The molecule has 1 saturated heterocycles. The van der Waals surface area contributed by atoms with E-state index >= 15 is 0 Å². The molecule has 1 N–H and O–H groups in total. The average molecular weight is 470 g/mol. The monoisotopic (exact) mass is 469 g/mol. The van der Waals surface area contributed by atoms with Crippen molar-refractivity contribution in [2.45, 2.75) is 13.0 Å². The molecule has 1 amide bonds. The molecule has 5 nitrogen and oxygen atoms in total. The normalized spacial score (nSPS) is 16.2. The first-order valence-electron chi connectivity index (χ1n) is 9.26. The zero-order valence-corrected chi connectivity index (χ0v) is 18.6. The number of thiocarbonyl (C=S) groups is 1. The summed E-state index contributed by atoms with van der Waals surface area (Å²) < 4.78 is 6.04. The topological polar surface area (TPSA) is 70.8 Å². The van der Waals surface area contributed by atoms with Gasteiger partial charge in [-0.2, -0.15) is 0 Å². The molecule has 31 heavy (non-hydrogen) atoms. The smallest absolute Gasteiger partial charge is 0.331 e. The van der Waals surface area contributed by atoms with Crippen LogP contribution in [0.4, 0.5) is 0 Å². The zero-order valence-electron chi connectivity index (χ0n) is 16.2. The van der Waals surface area contributed by atoms with Crippen LogP contribution in [0, 0.1) is 6.92 Å². The second-order valence-corrected chi connectivity index (χ2v) is 8.95. The molecule has 0 aliphatic carbocycles. The highest BCUT2D eigenvalue weighted by atomic mass is 35.5. The highest BCUT2D eigenvalue weighted by Gasteiger charge is 2.41. The summed E-state index contributed by atoms with van der Waals surface area (Å²) in [6, 6.07) is 16.5. The number of carbonyl (C=O) groups excluding carboxylic acids is 1. The summed E-state index contributed by atoms with van der Waals surface area (Å²) >= 11 is 12.6. The maximum Gasteiger partial charge on any atom is 0.331 e. The Morgan fingerprint density at radius 3 is 2.61 bits per heavy atom. The first-order chi connectivity index (χ1) is 14.8. The second kappa shape index (κ2) is 8.70. The third-order valence-electron chi connectivity index (χ3n) is 4.79. The molecule has 8 heteroatoms. The Bertz CT molecular complexity index is 1220. The molecule has 0 bridgehead atoms. The summed E-state index contributed by atoms with van der Waals surface area (Å²) in [5.41, 5.74) is 2.26. The number of thioether (sulfide) groups is 1. The van der Waals surface area contributed by atoms with Crippen LogP contribution in [-0.2, 0) is 9.59 Å². The van der Waals surface area contributed by atoms with Crippen LogP contribution in [0.5, 0.6) is 0 Å². The van der Waals surface area contributed by atoms with Crippen LogP contribution < -0.4 is 0 Å². The van der Waals surface area contributed by atoms with Gasteiger partial charge in [-0.3, -0.25) is 9.69 Å². The number of benzene rings is 2. The van der Waals surface area contributed by atoms with Gasteiger partial charge in [0, 0.05) is 16.7 Å². The van der Waals surface area contributed by atoms with E-state index in [1.54, 1.807) is 48.5 Å². The zero-order chi connectivity index (χ0) is 22.1. The molecule has 0 spiro atoms. The number of carbonyl (C=O) groups is 2. The predicted molar refractivity (Wildman–Crippen MR) is 126 cm³/mol. The van der Waals surface area contributed by atoms with Gasteiger partial charge in [-0.25, -0.2) is 4.79 Å². The van der Waals surface area contributed by atoms with Gasteiger partial charge in [-0.05, 0) is 36.2 Å². The number of amides is 1. The van der Waals surface area contributed by atoms with Gasteiger partial charge in [-0.1, -0.05) is 78.0 Å². The lowest BCUT2D eigenvalue weighted by atomic mass is 10.1. The van der Waals surface area contributed by atoms with E-state index in [0.29, 0.717) is 27.0 Å². The Morgan fingerprint density at radius 1 is 1.19 bits per heavy atom. The Labute approximate surface area is 193 Å². The number of carboxylic acids is 1. The van der Waals surface area contributed by atoms with Crippen LogP contribution in [-0.4, -0.2) is 26.2 Å². The van der Waals surface area contributed by atoms with Crippen molar-refractivity contribution in [3.63, 3.8) is 0 Å². The molecule has 1 aliphatic heterocycles. The van der Waals surface area contributed by atoms with Crippen molar-refractivity contribution >= 4 is 57.9 Å². The van der Waals surface area contributed by atoms with Crippen LogP contribution in [0.2, 0.25) is 5.02 Å². The van der Waals surface area contributed by atoms with Gasteiger partial charge in [0.2, 0.25) is 0 Å². The molecule has 4 rings (SSSR count). The number of aryl methyl sites for hydroxylation is 1. The molecule has 1 unspecified atom stereocenters. The van der Waals surface area contributed by atoms with E-state index in [2.05, 4.69) is 0 Å². The van der Waals surface area contributed by atoms with E-state index in [1.165, 1.54) is 0 Å². The molecule has 3 aromatic rings. The minimum Gasteiger partial charge on any atom is -0.479 e. The first-order valence-corrected chi connectivity index (χ1v) is 10.9. The molecular formula is C23H16ClNO4S2. The maximum absolute atomic E-state index is 13.0. The lowest BCUT2D eigenvalue weighted by Crippen LogP contribution is -2.37. The third-order valence-corrected chi connectivity index (χ3v) is 6.53. The standard InChI is InChI=1S/C23H16ClNO4S2/c1-13-7-8-15(11-17(13)24)18-10-9-16(29-18)12-19-21(26)25(23(30)31-19)20(22(27)28)14-5-3-2-4-6-14/h2-12,20H,1H3,(H,27,28)/b19-12-. The fourth-order valence-corrected chi connectivity index (χ4v) is 4.67. The highest BCUT2D eigenvalue weighted by Crippen LogP contribution is 2.39. The van der Waals surface area contributed by atoms with Crippen molar-refractivity contribution in [3.8, 4) is 11.3 Å². The number of carboxylic acid groups (broad SMARTS) is 1. The molecule has 0 radical (unpaired) electrons. The molecule has 2 aromatic carbocycles. The molecule has 1 aliphatic rings. The fraction of sp³-hybridized carbons (Fsp3) is 0.0870. The summed E-state index contributed by atoms with van der Waals surface area (Å²) in [5, 5.41) is 10.4. The van der Waals surface area contributed by atoms with Crippen molar-refractivity contribution in [1.29, 1.82) is 0 Å². The minimum atomic E-state index is -1.19. The number of rotatable bonds is 5. The van der Waals surface area contributed by atoms with Crippen molar-refractivity contribution in [3.05, 3.63) is 87.5 Å². The number of aliphatic carboxylic acids is 1. The molecule has 156 valence electrons. The summed E-state index contributed by atoms with van der Waals surface area (Å²) in [6.45, 7) is 1.92. The summed E-state index contributed by atoms with van der Waals surface area (Å²) in [6.07, 6.45) is 1.57. The lowest BCUT2D eigenvalue weighted by Gasteiger charge is -2.23. The number of hydrogen-bond donors (Lipinski definition) is 1. The van der Waals surface area contributed by atoms with Gasteiger partial charge in [0.25, 0.3) is 5.91 Å². The van der Waals surface area contributed by atoms with Gasteiger partial charge in [-0.15, -0.1) is 0 Å². The Balaban J connectivity index is 1.62. The van der Waals surface area contributed by atoms with E-state index < -0.39 is 17.9 Å². The summed E-state index contributed by atoms with van der Waals surface area (Å²) in [7, 11) is 0. The van der Waals surface area contributed by atoms with Gasteiger partial charge >= 0.3 is 5.97 Å². The van der Waals surface area contributed by atoms with Crippen molar-refractivity contribution < 1.29 is 19.1 Å². The second-order valence-electron chi connectivity index (χ2n) is 6.87. The average Bonchev–Trinajstić information content (AvgIpc) is 3.31. The molecule has 1 fully saturated rings. The van der Waals surface area contributed by atoms with Crippen LogP contribution in [0.15, 0.2) is 70.0 Å². The highest BCUT2D eigenvalue weighted by molar-refractivity contribution is 8.26. The van der Waals surface area contributed by atoms with Crippen LogP contribution in [0.3, 0.4) is 0 Å². The quantitative estimate of drug-likeness (QED) is 0.368. The Kier molecular flexibility index (Phi) is 6.00. The minimum absolute atomic E-state index is 0.185. The third kappa shape index (κ3) is 4.30. The van der Waals surface area contributed by atoms with Crippen LogP contribution in [0.25, 0.3) is 17.4 Å². The Hall–Kier alpha value is -2.87. The van der Waals surface area contributed by atoms with E-state index in [9.17, 15) is 14.7 Å². The Morgan fingerprint density at radius 2 is 1.94 bits per heavy atom. The van der Waals surface area contributed by atoms with E-state index in [-0.39, 0.29) is 4.32 Å². The van der Waals surface area contributed by atoms with E-state index in [0.717, 1.165) is 27.8 Å². The number of hydrogen-bond acceptors (Lipinski definition) is 5. The first kappa shape index (κ1) is 21.4. The van der Waals surface area contributed by atoms with Crippen molar-refractivity contribution in [2.24, 2.45) is 0 Å². The van der Waals surface area contributed by atoms with Crippen molar-refractivity contribution in [2.75, 3.05) is 0 Å². The van der Waals surface area contributed by atoms with Gasteiger partial charge in [0.05, 0.1) is 4.91 Å². The van der Waals surface area contributed by atoms with Crippen molar-refractivity contribution in [1.82, 2.24) is 4.90 Å². The fourth-order valence-electron chi connectivity index (χ4n) is 3.20. The molecular weight excluding hydrogens is 454 g/mol. The largest absolute Gasteiger partial charge is 0.479 e. The van der Waals surface area contributed by atoms with E-state index in [4.69, 9.17) is 28.2 Å². The summed E-state index contributed by atoms with van der Waals surface area (Å²) in [4.78, 5) is 26.4. The van der Waals surface area contributed by atoms with Crippen LogP contribution >= 0.6 is 35.6 Å². The number of halogens is 1. The lowest BCUT2D eigenvalue weighted by molar-refractivity contribution is -0.145. The number of furan rings is 1. The molecule has 1 atom stereocenters. The molecule has 1 aromatic heterocycles. The van der Waals surface area contributed by atoms with Gasteiger partial charge in [0.15, 0.2) is 6.04 Å². The van der Waals surface area contributed by atoms with Gasteiger partial charge < -0.3 is 9.52 Å². The van der Waals surface area contributed by atoms with Crippen LogP contribution in [0.1, 0.15) is 22.9 Å². The number of nitrogens with zero attached hydrogens (tertiary/aromatic N) is 1. The summed E-state index contributed by atoms with van der Waals surface area (Å²) in [5.74, 6) is -0.557. The maximum atomic E-state index is 13.0. The predicted octanol–water partition coefficient (Wildman–Crippen LogP) is 5.94. The SMILES string of the molecule is Cc1ccc(-c2ccc(/C=C3\SC(=S)N(C(C(=O)O)c4ccccc4)C3=O)o2)cc1Cl. The van der Waals surface area contributed by atoms with Gasteiger partial charge in [0.1, 0.15) is 15.8 Å². The van der Waals surface area contributed by atoms with E-state index in [1.807, 2.05) is 25.1 Å². The molecule has 2 heterocycles. The molecule has 0 saturated carbocycles.